The summed E-state index contributed by atoms with van der Waals surface area (Å²) < 4.78 is 7.67. The van der Waals surface area contributed by atoms with Crippen LogP contribution in [0.4, 0.5) is 5.69 Å². The first kappa shape index (κ1) is 13.6. The fraction of sp³-hybridized carbons (Fsp3) is 0.111. The first-order valence-electron chi connectivity index (χ1n) is 7.33. The van der Waals surface area contributed by atoms with Gasteiger partial charge in [-0.25, -0.2) is 4.68 Å². The molecule has 0 aliphatic heterocycles. The van der Waals surface area contributed by atoms with Crippen molar-refractivity contribution in [2.24, 2.45) is 0 Å². The smallest absolute Gasteiger partial charge is 0.233 e. The summed E-state index contributed by atoms with van der Waals surface area (Å²) in [5.41, 5.74) is 2.66. The van der Waals surface area contributed by atoms with Crippen molar-refractivity contribution in [2.75, 3.05) is 19.0 Å². The average Bonchev–Trinajstić information content (AvgIpc) is 2.99. The van der Waals surface area contributed by atoms with Gasteiger partial charge in [-0.15, -0.1) is 0 Å². The van der Waals surface area contributed by atoms with Crippen molar-refractivity contribution in [1.29, 1.82) is 0 Å². The van der Waals surface area contributed by atoms with Crippen LogP contribution in [0.1, 0.15) is 0 Å². The minimum Gasteiger partial charge on any atom is -0.437 e. The van der Waals surface area contributed by atoms with E-state index >= 15 is 0 Å². The summed E-state index contributed by atoms with van der Waals surface area (Å²) >= 11 is 0. The number of para-hydroxylation sites is 1. The first-order valence-corrected chi connectivity index (χ1v) is 7.33. The van der Waals surface area contributed by atoms with Crippen molar-refractivity contribution in [3.63, 3.8) is 0 Å². The zero-order chi connectivity index (χ0) is 16.0. The molecule has 23 heavy (non-hydrogen) atoms. The summed E-state index contributed by atoms with van der Waals surface area (Å²) in [6.45, 7) is 0. The lowest BCUT2D eigenvalue weighted by molar-refractivity contribution is 0.622. The molecule has 0 amide bonds. The normalized spacial score (nSPS) is 11.2. The molecule has 4 aromatic rings. The maximum Gasteiger partial charge on any atom is 0.233 e. The molecule has 0 saturated carbocycles. The Balaban J connectivity index is 2.11. The Hall–Kier alpha value is -3.08. The molecule has 0 radical (unpaired) electrons. The van der Waals surface area contributed by atoms with Crippen LogP contribution in [-0.4, -0.2) is 23.9 Å². The Morgan fingerprint density at radius 1 is 1.04 bits per heavy atom. The monoisotopic (exact) mass is 305 g/mol. The predicted molar refractivity (Wildman–Crippen MR) is 91.4 cm³/mol. The number of rotatable bonds is 2. The lowest BCUT2D eigenvalue weighted by atomic mass is 10.1. The summed E-state index contributed by atoms with van der Waals surface area (Å²) in [6, 6.07) is 15.2. The molecule has 0 fully saturated rings. The highest BCUT2D eigenvalue weighted by Gasteiger charge is 2.16. The molecule has 0 saturated heterocycles. The van der Waals surface area contributed by atoms with Crippen molar-refractivity contribution in [3.05, 3.63) is 65.0 Å². The Morgan fingerprint density at radius 2 is 1.83 bits per heavy atom. The molecule has 0 N–H and O–H groups in total. The Bertz CT molecular complexity index is 1060. The number of nitrogens with zero attached hydrogens (tertiary/aromatic N) is 3. The first-order chi connectivity index (χ1) is 11.2. The van der Waals surface area contributed by atoms with E-state index in [4.69, 9.17) is 4.42 Å². The zero-order valence-electron chi connectivity index (χ0n) is 12.9. The predicted octanol–water partition coefficient (Wildman–Crippen LogP) is 3.20. The van der Waals surface area contributed by atoms with E-state index in [-0.39, 0.29) is 5.43 Å². The molecule has 114 valence electrons. The van der Waals surface area contributed by atoms with E-state index in [1.165, 1.54) is 0 Å². The molecule has 0 aliphatic rings. The Labute approximate surface area is 132 Å². The fourth-order valence-electron chi connectivity index (χ4n) is 2.79. The second kappa shape index (κ2) is 4.98. The van der Waals surface area contributed by atoms with Gasteiger partial charge in [-0.05, 0) is 24.3 Å². The summed E-state index contributed by atoms with van der Waals surface area (Å²) in [6.07, 6.45) is 1.57. The summed E-state index contributed by atoms with van der Waals surface area (Å²) in [5, 5.41) is 5.40. The minimum atomic E-state index is -0.0623. The quantitative estimate of drug-likeness (QED) is 0.570. The van der Waals surface area contributed by atoms with E-state index in [1.807, 2.05) is 67.5 Å². The molecule has 0 atom stereocenters. The van der Waals surface area contributed by atoms with Gasteiger partial charge < -0.3 is 9.32 Å². The van der Waals surface area contributed by atoms with Crippen molar-refractivity contribution < 1.29 is 4.42 Å². The standard InChI is InChI=1S/C18H15N3O2/c1-20(2)14-9-6-10-15-16(14)17(22)13-11-19-21(18(13)23-15)12-7-4-3-5-8-12/h3-11H,1-2H3. The number of fused-ring (bicyclic) bond motifs is 2. The molecule has 5 heteroatoms. The number of benzene rings is 2. The highest BCUT2D eigenvalue weighted by molar-refractivity contribution is 5.96. The van der Waals surface area contributed by atoms with Crippen LogP contribution < -0.4 is 10.3 Å². The Kier molecular flexibility index (Phi) is 2.94. The average molecular weight is 305 g/mol. The fourth-order valence-corrected chi connectivity index (χ4v) is 2.79. The van der Waals surface area contributed by atoms with Crippen molar-refractivity contribution in [1.82, 2.24) is 9.78 Å². The van der Waals surface area contributed by atoms with Gasteiger partial charge in [0.05, 0.1) is 23.0 Å². The van der Waals surface area contributed by atoms with Gasteiger partial charge >= 0.3 is 0 Å². The molecule has 2 aromatic heterocycles. The van der Waals surface area contributed by atoms with Crippen LogP contribution in [0.2, 0.25) is 0 Å². The lowest BCUT2D eigenvalue weighted by Gasteiger charge is -2.14. The third-order valence-electron chi connectivity index (χ3n) is 3.89. The molecule has 0 spiro atoms. The Morgan fingerprint density at radius 3 is 2.57 bits per heavy atom. The van der Waals surface area contributed by atoms with Crippen LogP contribution in [0.3, 0.4) is 0 Å². The molecular formula is C18H15N3O2. The molecule has 4 rings (SSSR count). The molecular weight excluding hydrogens is 290 g/mol. The highest BCUT2D eigenvalue weighted by atomic mass is 16.3. The van der Waals surface area contributed by atoms with E-state index in [2.05, 4.69) is 5.10 Å². The van der Waals surface area contributed by atoms with Crippen LogP contribution >= 0.6 is 0 Å². The topological polar surface area (TPSA) is 51.3 Å². The molecule has 0 aliphatic carbocycles. The van der Waals surface area contributed by atoms with E-state index in [9.17, 15) is 4.79 Å². The number of hydrogen-bond acceptors (Lipinski definition) is 4. The van der Waals surface area contributed by atoms with Crippen LogP contribution in [0.15, 0.2) is 63.9 Å². The van der Waals surface area contributed by atoms with Crippen molar-refractivity contribution in [2.45, 2.75) is 0 Å². The molecule has 2 aromatic carbocycles. The number of anilines is 1. The number of hydrogen-bond donors (Lipinski definition) is 0. The summed E-state index contributed by atoms with van der Waals surface area (Å²) in [4.78, 5) is 14.8. The van der Waals surface area contributed by atoms with Gasteiger partial charge in [0, 0.05) is 14.1 Å². The van der Waals surface area contributed by atoms with Crippen LogP contribution in [0, 0.1) is 0 Å². The van der Waals surface area contributed by atoms with E-state index < -0.39 is 0 Å². The maximum absolute atomic E-state index is 12.9. The molecule has 0 bridgehead atoms. The summed E-state index contributed by atoms with van der Waals surface area (Å²) in [7, 11) is 3.82. The molecule has 2 heterocycles. The van der Waals surface area contributed by atoms with Gasteiger partial charge in [0.15, 0.2) is 0 Å². The van der Waals surface area contributed by atoms with E-state index in [1.54, 1.807) is 10.9 Å². The van der Waals surface area contributed by atoms with Gasteiger partial charge in [-0.2, -0.15) is 5.10 Å². The van der Waals surface area contributed by atoms with Crippen molar-refractivity contribution >= 4 is 27.8 Å². The highest BCUT2D eigenvalue weighted by Crippen LogP contribution is 2.26. The maximum atomic E-state index is 12.9. The summed E-state index contributed by atoms with van der Waals surface area (Å²) in [5.74, 6) is 0. The van der Waals surface area contributed by atoms with E-state index in [0.717, 1.165) is 11.4 Å². The number of aromatic nitrogens is 2. The van der Waals surface area contributed by atoms with Crippen LogP contribution in [0.25, 0.3) is 27.8 Å². The SMILES string of the molecule is CN(C)c1cccc2oc3c(cnn3-c3ccccc3)c(=O)c12. The third kappa shape index (κ3) is 2.01. The van der Waals surface area contributed by atoms with Gasteiger partial charge in [-0.3, -0.25) is 4.79 Å². The largest absolute Gasteiger partial charge is 0.437 e. The molecule has 0 unspecified atom stereocenters. The third-order valence-corrected chi connectivity index (χ3v) is 3.89. The second-order valence-corrected chi connectivity index (χ2v) is 5.59. The van der Waals surface area contributed by atoms with Gasteiger partial charge in [0.25, 0.3) is 0 Å². The minimum absolute atomic E-state index is 0.0623. The van der Waals surface area contributed by atoms with Gasteiger partial charge in [0.2, 0.25) is 11.1 Å². The van der Waals surface area contributed by atoms with Crippen molar-refractivity contribution in [3.8, 4) is 5.69 Å². The second-order valence-electron chi connectivity index (χ2n) is 5.59. The van der Waals surface area contributed by atoms with Gasteiger partial charge in [0.1, 0.15) is 11.0 Å². The van der Waals surface area contributed by atoms with E-state index in [0.29, 0.717) is 22.1 Å². The zero-order valence-corrected chi connectivity index (χ0v) is 12.9. The van der Waals surface area contributed by atoms with Crippen LogP contribution in [0.5, 0.6) is 0 Å². The lowest BCUT2D eigenvalue weighted by Crippen LogP contribution is -2.13. The van der Waals surface area contributed by atoms with Crippen LogP contribution in [-0.2, 0) is 0 Å². The molecule has 5 nitrogen and oxygen atoms in total. The van der Waals surface area contributed by atoms with Gasteiger partial charge in [-0.1, -0.05) is 24.3 Å².